The Bertz CT molecular complexity index is 1520. The lowest BCUT2D eigenvalue weighted by molar-refractivity contribution is 0.646. The number of aromatic nitrogens is 6. The van der Waals surface area contributed by atoms with Crippen LogP contribution in [0.3, 0.4) is 0 Å². The molecule has 160 valence electrons. The molecule has 32 heavy (non-hydrogen) atoms. The van der Waals surface area contributed by atoms with Crippen LogP contribution in [0.4, 0.5) is 0 Å². The van der Waals surface area contributed by atoms with E-state index in [0.29, 0.717) is 11.5 Å². The highest BCUT2D eigenvalue weighted by Gasteiger charge is 2.25. The maximum atomic E-state index is 13.9. The first-order valence-corrected chi connectivity index (χ1v) is 11.1. The number of hydrogen-bond donors (Lipinski definition) is 0. The van der Waals surface area contributed by atoms with Crippen LogP contribution in [0.25, 0.3) is 38.8 Å². The third-order valence-electron chi connectivity index (χ3n) is 6.27. The van der Waals surface area contributed by atoms with Gasteiger partial charge in [-0.05, 0) is 55.5 Å². The van der Waals surface area contributed by atoms with Gasteiger partial charge >= 0.3 is 0 Å². The van der Waals surface area contributed by atoms with Crippen molar-refractivity contribution in [2.75, 3.05) is 0 Å². The molecule has 1 aliphatic carbocycles. The third-order valence-corrected chi connectivity index (χ3v) is 6.27. The van der Waals surface area contributed by atoms with E-state index >= 15 is 0 Å². The van der Waals surface area contributed by atoms with Gasteiger partial charge in [0.25, 0.3) is 5.56 Å². The Morgan fingerprint density at radius 1 is 1.06 bits per heavy atom. The van der Waals surface area contributed by atoms with Gasteiger partial charge in [0, 0.05) is 48.8 Å². The summed E-state index contributed by atoms with van der Waals surface area (Å²) in [5, 5.41) is 10.2. The molecule has 0 atom stereocenters. The molecule has 6 rings (SSSR count). The van der Waals surface area contributed by atoms with Gasteiger partial charge < -0.3 is 4.57 Å². The molecule has 0 saturated heterocycles. The van der Waals surface area contributed by atoms with Crippen LogP contribution in [0.5, 0.6) is 0 Å². The Balaban J connectivity index is 1.61. The van der Waals surface area contributed by atoms with Crippen LogP contribution in [0.2, 0.25) is 0 Å². The Morgan fingerprint density at radius 3 is 2.69 bits per heavy atom. The second-order valence-corrected chi connectivity index (χ2v) is 8.67. The maximum absolute atomic E-state index is 13.9. The number of hydrogen-bond acceptors (Lipinski definition) is 4. The van der Waals surface area contributed by atoms with Crippen LogP contribution in [0, 0.1) is 5.92 Å². The number of benzene rings is 1. The van der Waals surface area contributed by atoms with E-state index in [1.165, 1.54) is 17.5 Å². The number of fused-ring (bicyclic) bond motifs is 2. The zero-order valence-corrected chi connectivity index (χ0v) is 18.2. The summed E-state index contributed by atoms with van der Waals surface area (Å²) in [4.78, 5) is 18.4. The zero-order valence-electron chi connectivity index (χ0n) is 18.2. The van der Waals surface area contributed by atoms with Gasteiger partial charge in [-0.15, -0.1) is 0 Å². The minimum Gasteiger partial charge on any atom is -0.345 e. The van der Waals surface area contributed by atoms with E-state index in [9.17, 15) is 4.79 Å². The van der Waals surface area contributed by atoms with Gasteiger partial charge in [-0.2, -0.15) is 14.9 Å². The van der Waals surface area contributed by atoms with E-state index in [0.717, 1.165) is 51.8 Å². The van der Waals surface area contributed by atoms with Gasteiger partial charge in [0.1, 0.15) is 5.52 Å². The van der Waals surface area contributed by atoms with Crippen molar-refractivity contribution in [1.29, 1.82) is 0 Å². The zero-order chi connectivity index (χ0) is 21.8. The summed E-state index contributed by atoms with van der Waals surface area (Å²) in [5.41, 5.74) is 5.68. The van der Waals surface area contributed by atoms with Crippen LogP contribution in [0.1, 0.15) is 25.5 Å². The van der Waals surface area contributed by atoms with Crippen molar-refractivity contribution < 1.29 is 0 Å². The van der Waals surface area contributed by atoms with Crippen LogP contribution < -0.4 is 5.56 Å². The molecule has 0 aliphatic heterocycles. The summed E-state index contributed by atoms with van der Waals surface area (Å²) < 4.78 is 5.48. The molecule has 4 aromatic heterocycles. The molecule has 1 aliphatic rings. The second kappa shape index (κ2) is 7.15. The van der Waals surface area contributed by atoms with Gasteiger partial charge in [0.05, 0.1) is 22.3 Å². The summed E-state index contributed by atoms with van der Waals surface area (Å²) >= 11 is 0. The maximum Gasteiger partial charge on any atom is 0.281 e. The highest BCUT2D eigenvalue weighted by Crippen LogP contribution is 2.33. The lowest BCUT2D eigenvalue weighted by Gasteiger charge is -2.12. The summed E-state index contributed by atoms with van der Waals surface area (Å²) in [7, 11) is 1.89. The Labute approximate surface area is 184 Å². The predicted octanol–water partition coefficient (Wildman–Crippen LogP) is 4.11. The fraction of sp³-hybridized carbons (Fsp3) is 0.280. The highest BCUT2D eigenvalue weighted by molar-refractivity contribution is 5.92. The summed E-state index contributed by atoms with van der Waals surface area (Å²) in [6, 6.07) is 11.8. The van der Waals surface area contributed by atoms with Gasteiger partial charge in [-0.1, -0.05) is 13.0 Å². The van der Waals surface area contributed by atoms with E-state index in [1.54, 1.807) is 4.68 Å². The molecule has 1 saturated carbocycles. The lowest BCUT2D eigenvalue weighted by atomic mass is 10.1. The number of aryl methyl sites for hydroxylation is 2. The molecular formula is C25H24N6O. The van der Waals surface area contributed by atoms with Gasteiger partial charge in [-0.3, -0.25) is 14.5 Å². The molecule has 0 spiro atoms. The highest BCUT2D eigenvalue weighted by atomic mass is 16.1. The first kappa shape index (κ1) is 19.0. The largest absolute Gasteiger partial charge is 0.345 e. The van der Waals surface area contributed by atoms with Gasteiger partial charge in [0.15, 0.2) is 0 Å². The molecule has 0 bridgehead atoms. The van der Waals surface area contributed by atoms with Crippen LogP contribution in [0.15, 0.2) is 59.8 Å². The number of nitrogens with zero attached hydrogens (tertiary/aromatic N) is 6. The molecule has 1 aromatic carbocycles. The minimum atomic E-state index is -0.137. The molecular weight excluding hydrogens is 400 g/mol. The van der Waals surface area contributed by atoms with Crippen molar-refractivity contribution in [3.63, 3.8) is 0 Å². The average molecular weight is 425 g/mol. The number of pyridine rings is 1. The van der Waals surface area contributed by atoms with E-state index < -0.39 is 0 Å². The van der Waals surface area contributed by atoms with Crippen molar-refractivity contribution in [2.45, 2.75) is 32.7 Å². The summed E-state index contributed by atoms with van der Waals surface area (Å²) in [6.45, 7) is 3.00. The molecule has 4 heterocycles. The second-order valence-electron chi connectivity index (χ2n) is 8.67. The molecule has 1 fully saturated rings. The molecule has 0 N–H and O–H groups in total. The van der Waals surface area contributed by atoms with E-state index in [-0.39, 0.29) is 5.56 Å². The first-order chi connectivity index (χ1) is 15.6. The fourth-order valence-electron chi connectivity index (χ4n) is 4.39. The average Bonchev–Trinajstić information content (AvgIpc) is 3.41. The molecule has 5 aromatic rings. The molecule has 0 radical (unpaired) electrons. The van der Waals surface area contributed by atoms with E-state index in [4.69, 9.17) is 5.10 Å². The molecule has 0 amide bonds. The Hall–Kier alpha value is -3.74. The van der Waals surface area contributed by atoms with Crippen molar-refractivity contribution in [2.24, 2.45) is 13.0 Å². The van der Waals surface area contributed by atoms with E-state index in [2.05, 4.69) is 27.8 Å². The summed E-state index contributed by atoms with van der Waals surface area (Å²) in [5.74, 6) is 0.689. The minimum absolute atomic E-state index is 0.137. The Kier molecular flexibility index (Phi) is 4.24. The van der Waals surface area contributed by atoms with Gasteiger partial charge in [-0.25, -0.2) is 0 Å². The lowest BCUT2D eigenvalue weighted by Crippen LogP contribution is -2.24. The molecule has 7 nitrogen and oxygen atoms in total. The first-order valence-electron chi connectivity index (χ1n) is 11.1. The van der Waals surface area contributed by atoms with Crippen molar-refractivity contribution >= 4 is 21.9 Å². The molecule has 7 heteroatoms. The normalized spacial score (nSPS) is 13.9. The smallest absolute Gasteiger partial charge is 0.281 e. The predicted molar refractivity (Wildman–Crippen MR) is 125 cm³/mol. The number of rotatable bonds is 5. The van der Waals surface area contributed by atoms with Crippen molar-refractivity contribution in [3.8, 4) is 16.8 Å². The van der Waals surface area contributed by atoms with E-state index in [1.807, 2.05) is 55.8 Å². The topological polar surface area (TPSA) is 70.5 Å². The van der Waals surface area contributed by atoms with Crippen molar-refractivity contribution in [1.82, 2.24) is 29.1 Å². The monoisotopic (exact) mass is 424 g/mol. The molecule has 0 unspecified atom stereocenters. The standard InChI is InChI=1S/C25H24N6O/c1-3-19-7-6-17(13-26-19)23-24-22(10-11-30(24)14-16-4-5-16)28-31(25(23)32)20-8-9-21-18(12-20)15-29(2)27-21/h6-13,15-16H,3-5,14H2,1-2H3. The third kappa shape index (κ3) is 3.12. The van der Waals surface area contributed by atoms with Gasteiger partial charge in [0.2, 0.25) is 0 Å². The quantitative estimate of drug-likeness (QED) is 0.426. The van der Waals surface area contributed by atoms with Crippen LogP contribution >= 0.6 is 0 Å². The summed E-state index contributed by atoms with van der Waals surface area (Å²) in [6.07, 6.45) is 9.18. The fourth-order valence-corrected chi connectivity index (χ4v) is 4.39. The SMILES string of the molecule is CCc1ccc(-c2c(=O)n(-c3ccc4nn(C)cc4c3)nc3ccn(CC4CC4)c23)cn1. The van der Waals surface area contributed by atoms with Crippen LogP contribution in [-0.2, 0) is 20.0 Å². The van der Waals surface area contributed by atoms with Crippen molar-refractivity contribution in [3.05, 3.63) is 71.0 Å². The Morgan fingerprint density at radius 2 is 1.94 bits per heavy atom. The van der Waals surface area contributed by atoms with Crippen LogP contribution in [-0.4, -0.2) is 29.1 Å².